The minimum absolute atomic E-state index is 0.00284. The summed E-state index contributed by atoms with van der Waals surface area (Å²) in [5.41, 5.74) is 0.420. The van der Waals surface area contributed by atoms with Gasteiger partial charge in [-0.25, -0.2) is 19.2 Å². The van der Waals surface area contributed by atoms with Crippen molar-refractivity contribution in [3.05, 3.63) is 24.3 Å². The fourth-order valence-corrected chi connectivity index (χ4v) is 9.23. The van der Waals surface area contributed by atoms with Crippen molar-refractivity contribution in [1.82, 2.24) is 0 Å². The first-order valence-electron chi connectivity index (χ1n) is 14.4. The lowest BCUT2D eigenvalue weighted by Gasteiger charge is -2.41. The predicted molar refractivity (Wildman–Crippen MR) is 144 cm³/mol. The van der Waals surface area contributed by atoms with Crippen LogP contribution in [-0.2, 0) is 62.0 Å². The Labute approximate surface area is 249 Å². The van der Waals surface area contributed by atoms with E-state index in [1.165, 1.54) is 13.8 Å². The molecule has 4 aliphatic carbocycles. The van der Waals surface area contributed by atoms with Crippen molar-refractivity contribution in [3.8, 4) is 0 Å². The summed E-state index contributed by atoms with van der Waals surface area (Å²) in [4.78, 5) is 58.0. The summed E-state index contributed by atoms with van der Waals surface area (Å²) < 4.78 is 54.3. The van der Waals surface area contributed by atoms with Gasteiger partial charge in [-0.3, -0.25) is 8.98 Å². The lowest BCUT2D eigenvalue weighted by molar-refractivity contribution is -0.177. The van der Waals surface area contributed by atoms with Crippen molar-refractivity contribution in [3.63, 3.8) is 0 Å². The van der Waals surface area contributed by atoms with Gasteiger partial charge in [-0.05, 0) is 58.3 Å². The lowest BCUT2D eigenvalue weighted by atomic mass is 9.67. The number of hydrogen-bond acceptors (Lipinski definition) is 13. The number of rotatable bonds is 8. The zero-order chi connectivity index (χ0) is 31.2. The van der Waals surface area contributed by atoms with E-state index in [-0.39, 0.29) is 46.9 Å². The molecule has 6 bridgehead atoms. The van der Waals surface area contributed by atoms with Crippen molar-refractivity contribution in [2.45, 2.75) is 82.0 Å². The second kappa shape index (κ2) is 12.0. The maximum atomic E-state index is 11.9. The van der Waals surface area contributed by atoms with Gasteiger partial charge in [0, 0.05) is 28.9 Å². The lowest BCUT2D eigenvalue weighted by Crippen LogP contribution is -2.45. The van der Waals surface area contributed by atoms with Crippen molar-refractivity contribution in [1.29, 1.82) is 0 Å². The highest BCUT2D eigenvalue weighted by Gasteiger charge is 2.65. The molecule has 0 spiro atoms. The summed E-state index contributed by atoms with van der Waals surface area (Å²) >= 11 is 0. The van der Waals surface area contributed by atoms with E-state index in [0.717, 1.165) is 25.7 Å². The van der Waals surface area contributed by atoms with E-state index in [2.05, 4.69) is 13.2 Å². The monoisotopic (exact) mass is 624 g/mol. The van der Waals surface area contributed by atoms with Gasteiger partial charge in [0.05, 0.1) is 11.2 Å². The average Bonchev–Trinajstić information content (AvgIpc) is 3.52. The molecule has 4 saturated carbocycles. The number of carbonyl (C=O) groups excluding carboxylic acids is 5. The third kappa shape index (κ3) is 6.49. The summed E-state index contributed by atoms with van der Waals surface area (Å²) in [6.07, 6.45) is 2.56. The summed E-state index contributed by atoms with van der Waals surface area (Å²) in [5.74, 6) is -2.26. The number of carbonyl (C=O) groups is 5. The summed E-state index contributed by atoms with van der Waals surface area (Å²) in [6, 6.07) is 0. The molecule has 10 atom stereocenters. The Morgan fingerprint density at radius 3 is 2.00 bits per heavy atom. The van der Waals surface area contributed by atoms with Gasteiger partial charge in [0.2, 0.25) is 0 Å². The molecule has 3 heterocycles. The highest BCUT2D eigenvalue weighted by molar-refractivity contribution is 7.87. The summed E-state index contributed by atoms with van der Waals surface area (Å²) in [6.45, 7) is 8.87. The molecule has 3 aliphatic heterocycles. The van der Waals surface area contributed by atoms with E-state index in [0.29, 0.717) is 18.8 Å². The molecule has 7 rings (SSSR count). The molecule has 0 aromatic heterocycles. The van der Waals surface area contributed by atoms with Gasteiger partial charge < -0.3 is 23.7 Å². The van der Waals surface area contributed by atoms with Crippen molar-refractivity contribution in [2.75, 3.05) is 13.2 Å². The minimum atomic E-state index is -3.53. The van der Waals surface area contributed by atoms with Crippen LogP contribution in [0.25, 0.3) is 0 Å². The number of hydrogen-bond donors (Lipinski definition) is 0. The SMILES string of the molecule is C=C(C)C(=O)OCC(=O)OC1C2CC3C1OS(=O)(=O)C3C2.C=C(C)C(=O)OCC(=O)OC1C2CC3CC(C2)C(=O)OC1C3. The van der Waals surface area contributed by atoms with Gasteiger partial charge in [-0.1, -0.05) is 13.2 Å². The Morgan fingerprint density at radius 1 is 0.814 bits per heavy atom. The molecular weight excluding hydrogens is 588 g/mol. The van der Waals surface area contributed by atoms with Crippen molar-refractivity contribution < 1.29 is 60.3 Å². The van der Waals surface area contributed by atoms with E-state index in [9.17, 15) is 32.4 Å². The van der Waals surface area contributed by atoms with Crippen LogP contribution in [0.15, 0.2) is 24.3 Å². The highest BCUT2D eigenvalue weighted by atomic mass is 32.2. The third-order valence-electron chi connectivity index (χ3n) is 9.13. The molecular formula is C29H36O13S. The van der Waals surface area contributed by atoms with E-state index in [1.807, 2.05) is 0 Å². The molecule has 0 aromatic rings. The molecule has 7 aliphatic rings. The largest absolute Gasteiger partial charge is 0.458 e. The average molecular weight is 625 g/mol. The topological polar surface area (TPSA) is 175 Å². The van der Waals surface area contributed by atoms with Gasteiger partial charge in [-0.2, -0.15) is 8.42 Å². The first kappa shape index (κ1) is 31.2. The van der Waals surface area contributed by atoms with E-state index in [4.69, 9.17) is 27.9 Å². The van der Waals surface area contributed by atoms with Crippen molar-refractivity contribution in [2.24, 2.45) is 29.6 Å². The van der Waals surface area contributed by atoms with Crippen LogP contribution in [0.5, 0.6) is 0 Å². The van der Waals surface area contributed by atoms with Crippen LogP contribution in [0.2, 0.25) is 0 Å². The quantitative estimate of drug-likeness (QED) is 0.165. The van der Waals surface area contributed by atoms with Crippen LogP contribution in [0.1, 0.15) is 52.4 Å². The Bertz CT molecular complexity index is 1340. The van der Waals surface area contributed by atoms with Gasteiger partial charge in [-0.15, -0.1) is 0 Å². The number of ether oxygens (including phenoxy) is 5. The fourth-order valence-electron chi connectivity index (χ4n) is 7.35. The maximum Gasteiger partial charge on any atom is 0.344 e. The molecule has 14 heteroatoms. The zero-order valence-corrected chi connectivity index (χ0v) is 24.9. The molecule has 0 radical (unpaired) electrons. The second-order valence-corrected chi connectivity index (χ2v) is 14.1. The molecule has 10 unspecified atom stereocenters. The van der Waals surface area contributed by atoms with Crippen LogP contribution >= 0.6 is 0 Å². The molecule has 3 saturated heterocycles. The number of esters is 5. The van der Waals surface area contributed by atoms with E-state index in [1.54, 1.807) is 0 Å². The van der Waals surface area contributed by atoms with E-state index >= 15 is 0 Å². The molecule has 0 amide bonds. The Morgan fingerprint density at radius 2 is 1.40 bits per heavy atom. The smallest absolute Gasteiger partial charge is 0.344 e. The van der Waals surface area contributed by atoms with Crippen molar-refractivity contribution >= 4 is 40.0 Å². The van der Waals surface area contributed by atoms with E-state index < -0.39 is 70.8 Å². The molecule has 13 nitrogen and oxygen atoms in total. The normalized spacial score (nSPS) is 36.8. The molecule has 7 fully saturated rings. The maximum absolute atomic E-state index is 11.9. The molecule has 0 N–H and O–H groups in total. The Balaban J connectivity index is 0.000000171. The second-order valence-electron chi connectivity index (χ2n) is 12.4. The first-order chi connectivity index (χ1) is 20.2. The van der Waals surface area contributed by atoms with Crippen LogP contribution in [-0.4, -0.2) is 81.1 Å². The fraction of sp³-hybridized carbons (Fsp3) is 0.690. The van der Waals surface area contributed by atoms with Crippen LogP contribution in [0, 0.1) is 29.6 Å². The Hall–Kier alpha value is -3.26. The van der Waals surface area contributed by atoms with Gasteiger partial charge >= 0.3 is 29.8 Å². The van der Waals surface area contributed by atoms with Gasteiger partial charge in [0.1, 0.15) is 24.4 Å². The van der Waals surface area contributed by atoms with Crippen LogP contribution in [0.4, 0.5) is 0 Å². The standard InChI is InChI=1S/C16H20O6.C13H16O7S/c1-8(2)15(18)20-7-13(17)22-14-10-3-9-4-11(6-10)16(19)21-12(14)5-9;1-6(2)13(15)18-5-10(14)19-11-7-3-8-9(4-7)21(16,17)20-12(8)11/h9-12,14H,1,3-7H2,2H3;7-9,11-12H,1,3-5H2,2H3. The molecule has 43 heavy (non-hydrogen) atoms. The number of fused-ring (bicyclic) bond motifs is 2. The van der Waals surface area contributed by atoms with Gasteiger partial charge in [0.25, 0.3) is 10.1 Å². The summed E-state index contributed by atoms with van der Waals surface area (Å²) in [5, 5.41) is -0.455. The van der Waals surface area contributed by atoms with Crippen LogP contribution in [0.3, 0.4) is 0 Å². The minimum Gasteiger partial charge on any atom is -0.458 e. The zero-order valence-electron chi connectivity index (χ0n) is 24.1. The predicted octanol–water partition coefficient (Wildman–Crippen LogP) is 1.53. The molecule has 236 valence electrons. The summed E-state index contributed by atoms with van der Waals surface area (Å²) in [7, 11) is -3.53. The highest BCUT2D eigenvalue weighted by Crippen LogP contribution is 2.55. The van der Waals surface area contributed by atoms with Gasteiger partial charge in [0.15, 0.2) is 13.2 Å². The Kier molecular flexibility index (Phi) is 8.72. The molecule has 0 aromatic carbocycles. The third-order valence-corrected chi connectivity index (χ3v) is 10.9. The van der Waals surface area contributed by atoms with Crippen LogP contribution < -0.4 is 0 Å². The first-order valence-corrected chi connectivity index (χ1v) is 15.9.